The van der Waals surface area contributed by atoms with Crippen LogP contribution in [0.1, 0.15) is 26.7 Å². The summed E-state index contributed by atoms with van der Waals surface area (Å²) in [7, 11) is 0. The molecule has 0 heterocycles. The Hall–Kier alpha value is -0.910. The summed E-state index contributed by atoms with van der Waals surface area (Å²) >= 11 is 0. The topological polar surface area (TPSA) is 54.0 Å². The fourth-order valence-corrected chi connectivity index (χ4v) is 1.13. The van der Waals surface area contributed by atoms with Crippen LogP contribution < -0.4 is 0 Å². The van der Waals surface area contributed by atoms with E-state index < -0.39 is 5.97 Å². The second-order valence-corrected chi connectivity index (χ2v) is 3.56. The van der Waals surface area contributed by atoms with Crippen LogP contribution >= 0.6 is 0 Å². The highest BCUT2D eigenvalue weighted by Gasteiger charge is 2.08. The van der Waals surface area contributed by atoms with Crippen molar-refractivity contribution in [1.29, 1.82) is 0 Å². The Labute approximate surface area is 109 Å². The summed E-state index contributed by atoms with van der Waals surface area (Å²) in [6.07, 6.45) is 2.85. The Morgan fingerprint density at radius 1 is 1.22 bits per heavy atom. The van der Waals surface area contributed by atoms with E-state index in [1.807, 2.05) is 6.92 Å². The molecule has 1 unspecified atom stereocenters. The van der Waals surface area contributed by atoms with Crippen LogP contribution in [0, 0.1) is 0 Å². The summed E-state index contributed by atoms with van der Waals surface area (Å²) < 4.78 is 20.9. The van der Waals surface area contributed by atoms with Crippen LogP contribution in [0.5, 0.6) is 0 Å². The predicted molar refractivity (Wildman–Crippen MR) is 68.2 cm³/mol. The van der Waals surface area contributed by atoms with Crippen molar-refractivity contribution < 1.29 is 23.7 Å². The van der Waals surface area contributed by atoms with Gasteiger partial charge in [0.1, 0.15) is 6.61 Å². The first-order valence-corrected chi connectivity index (χ1v) is 6.34. The van der Waals surface area contributed by atoms with E-state index in [0.29, 0.717) is 26.4 Å². The molecular weight excluding hydrogens is 236 g/mol. The largest absolute Gasteiger partial charge is 0.460 e. The standard InChI is InChI=1S/C13H24O5/c1-4-7-8-18-13(16-6-3)11-15-9-10-17-12(14)5-2/h5,13H,2,4,6-11H2,1,3H3. The number of unbranched alkanes of at least 4 members (excludes halogenated alkanes) is 1. The molecule has 0 rings (SSSR count). The maximum Gasteiger partial charge on any atom is 0.330 e. The number of esters is 1. The van der Waals surface area contributed by atoms with Crippen LogP contribution in [0.25, 0.3) is 0 Å². The third kappa shape index (κ3) is 10.3. The summed E-state index contributed by atoms with van der Waals surface area (Å²) in [4.78, 5) is 10.7. The minimum atomic E-state index is -0.445. The van der Waals surface area contributed by atoms with Crippen molar-refractivity contribution in [1.82, 2.24) is 0 Å². The van der Waals surface area contributed by atoms with Gasteiger partial charge in [0, 0.05) is 19.3 Å². The van der Waals surface area contributed by atoms with Gasteiger partial charge in [0.05, 0.1) is 13.2 Å². The van der Waals surface area contributed by atoms with Gasteiger partial charge in [0.25, 0.3) is 0 Å². The van der Waals surface area contributed by atoms with Crippen molar-refractivity contribution >= 4 is 5.97 Å². The molecule has 0 bridgehead atoms. The smallest absolute Gasteiger partial charge is 0.330 e. The molecule has 0 aromatic carbocycles. The van der Waals surface area contributed by atoms with Gasteiger partial charge in [-0.15, -0.1) is 0 Å². The Morgan fingerprint density at radius 2 is 2.00 bits per heavy atom. The minimum absolute atomic E-state index is 0.207. The fraction of sp³-hybridized carbons (Fsp3) is 0.769. The third-order valence-corrected chi connectivity index (χ3v) is 2.05. The van der Waals surface area contributed by atoms with E-state index in [2.05, 4.69) is 13.5 Å². The Bertz CT molecular complexity index is 217. The maximum atomic E-state index is 10.7. The molecule has 106 valence electrons. The van der Waals surface area contributed by atoms with Gasteiger partial charge in [-0.05, 0) is 13.3 Å². The van der Waals surface area contributed by atoms with E-state index in [-0.39, 0.29) is 12.9 Å². The molecule has 0 aromatic rings. The lowest BCUT2D eigenvalue weighted by atomic mass is 10.4. The Balaban J connectivity index is 3.56. The van der Waals surface area contributed by atoms with Crippen LogP contribution in [-0.2, 0) is 23.7 Å². The van der Waals surface area contributed by atoms with Gasteiger partial charge in [0.15, 0.2) is 6.29 Å². The molecule has 0 radical (unpaired) electrons. The van der Waals surface area contributed by atoms with Crippen LogP contribution in [-0.4, -0.2) is 45.3 Å². The molecule has 0 aliphatic carbocycles. The van der Waals surface area contributed by atoms with Crippen molar-refractivity contribution in [3.8, 4) is 0 Å². The van der Waals surface area contributed by atoms with E-state index in [4.69, 9.17) is 18.9 Å². The molecule has 0 N–H and O–H groups in total. The number of hydrogen-bond acceptors (Lipinski definition) is 5. The monoisotopic (exact) mass is 260 g/mol. The van der Waals surface area contributed by atoms with Crippen molar-refractivity contribution in [2.24, 2.45) is 0 Å². The van der Waals surface area contributed by atoms with E-state index in [1.165, 1.54) is 0 Å². The first-order chi connectivity index (χ1) is 8.74. The van der Waals surface area contributed by atoms with E-state index in [0.717, 1.165) is 18.9 Å². The number of carbonyl (C=O) groups excluding carboxylic acids is 1. The van der Waals surface area contributed by atoms with Crippen LogP contribution in [0.15, 0.2) is 12.7 Å². The van der Waals surface area contributed by atoms with Gasteiger partial charge in [-0.3, -0.25) is 0 Å². The lowest BCUT2D eigenvalue weighted by molar-refractivity contribution is -0.173. The maximum absolute atomic E-state index is 10.7. The van der Waals surface area contributed by atoms with Gasteiger partial charge in [-0.1, -0.05) is 19.9 Å². The molecule has 5 nitrogen and oxygen atoms in total. The van der Waals surface area contributed by atoms with Crippen LogP contribution in [0.4, 0.5) is 0 Å². The van der Waals surface area contributed by atoms with Gasteiger partial charge < -0.3 is 18.9 Å². The molecule has 0 saturated carbocycles. The average Bonchev–Trinajstić information content (AvgIpc) is 2.38. The number of carbonyl (C=O) groups is 1. The SMILES string of the molecule is C=CC(=O)OCCOCC(OCC)OCCCC. The minimum Gasteiger partial charge on any atom is -0.460 e. The summed E-state index contributed by atoms with van der Waals surface area (Å²) in [5, 5.41) is 0. The van der Waals surface area contributed by atoms with Gasteiger partial charge in [-0.2, -0.15) is 0 Å². The average molecular weight is 260 g/mol. The van der Waals surface area contributed by atoms with Crippen LogP contribution in [0.2, 0.25) is 0 Å². The molecule has 5 heteroatoms. The van der Waals surface area contributed by atoms with Crippen molar-refractivity contribution in [2.75, 3.05) is 33.0 Å². The van der Waals surface area contributed by atoms with Gasteiger partial charge in [0.2, 0.25) is 0 Å². The first-order valence-electron chi connectivity index (χ1n) is 6.34. The van der Waals surface area contributed by atoms with E-state index >= 15 is 0 Å². The second kappa shape index (κ2) is 12.5. The summed E-state index contributed by atoms with van der Waals surface area (Å²) in [5.41, 5.74) is 0. The second-order valence-electron chi connectivity index (χ2n) is 3.56. The summed E-state index contributed by atoms with van der Waals surface area (Å²) in [6.45, 7) is 9.40. The summed E-state index contributed by atoms with van der Waals surface area (Å²) in [6, 6.07) is 0. The van der Waals surface area contributed by atoms with Crippen molar-refractivity contribution in [3.05, 3.63) is 12.7 Å². The molecule has 1 atom stereocenters. The highest BCUT2D eigenvalue weighted by Crippen LogP contribution is 1.99. The number of hydrogen-bond donors (Lipinski definition) is 0. The molecule has 18 heavy (non-hydrogen) atoms. The zero-order chi connectivity index (χ0) is 13.6. The van der Waals surface area contributed by atoms with Gasteiger partial charge >= 0.3 is 5.97 Å². The zero-order valence-electron chi connectivity index (χ0n) is 11.4. The van der Waals surface area contributed by atoms with E-state index in [9.17, 15) is 4.79 Å². The fourth-order valence-electron chi connectivity index (χ4n) is 1.13. The normalized spacial score (nSPS) is 12.1. The number of rotatable bonds is 12. The molecular formula is C13H24O5. The molecule has 0 aliphatic heterocycles. The lowest BCUT2D eigenvalue weighted by Crippen LogP contribution is -2.25. The summed E-state index contributed by atoms with van der Waals surface area (Å²) in [5.74, 6) is -0.445. The quantitative estimate of drug-likeness (QED) is 0.232. The third-order valence-electron chi connectivity index (χ3n) is 2.05. The zero-order valence-corrected chi connectivity index (χ0v) is 11.4. The predicted octanol–water partition coefficient (Wildman–Crippen LogP) is 1.91. The highest BCUT2D eigenvalue weighted by molar-refractivity contribution is 5.81. The lowest BCUT2D eigenvalue weighted by Gasteiger charge is -2.17. The van der Waals surface area contributed by atoms with Crippen molar-refractivity contribution in [3.63, 3.8) is 0 Å². The van der Waals surface area contributed by atoms with Gasteiger partial charge in [-0.25, -0.2) is 4.79 Å². The molecule has 0 amide bonds. The molecule has 0 aliphatic rings. The highest BCUT2D eigenvalue weighted by atomic mass is 16.7. The molecule has 0 saturated heterocycles. The first kappa shape index (κ1) is 17.1. The number of ether oxygens (including phenoxy) is 4. The Kier molecular flexibility index (Phi) is 11.9. The Morgan fingerprint density at radius 3 is 2.61 bits per heavy atom. The van der Waals surface area contributed by atoms with E-state index in [1.54, 1.807) is 0 Å². The molecule has 0 spiro atoms. The van der Waals surface area contributed by atoms with Crippen LogP contribution in [0.3, 0.4) is 0 Å². The van der Waals surface area contributed by atoms with Crippen molar-refractivity contribution in [2.45, 2.75) is 33.0 Å². The molecule has 0 fully saturated rings. The molecule has 0 aromatic heterocycles.